The molecule has 18 heavy (non-hydrogen) atoms. The molecule has 5 atom stereocenters. The van der Waals surface area contributed by atoms with E-state index in [0.717, 1.165) is 0 Å². The summed E-state index contributed by atoms with van der Waals surface area (Å²) in [4.78, 5) is 25.6. The highest BCUT2D eigenvalue weighted by molar-refractivity contribution is 8.11. The van der Waals surface area contributed by atoms with Crippen molar-refractivity contribution < 1.29 is 9.59 Å². The number of nitrogens with one attached hydrogen (secondary N) is 1. The smallest absolute Gasteiger partial charge is 0.244 e. The Morgan fingerprint density at radius 1 is 1.33 bits per heavy atom. The average Bonchev–Trinajstić information content (AvgIpc) is 2.88. The fourth-order valence-electron chi connectivity index (χ4n) is 2.35. The summed E-state index contributed by atoms with van der Waals surface area (Å²) in [5, 5.41) is 8.50. The summed E-state index contributed by atoms with van der Waals surface area (Å²) in [5.41, 5.74) is 0. The molecule has 8 heteroatoms. The summed E-state index contributed by atoms with van der Waals surface area (Å²) in [5.74, 6) is -0.160. The van der Waals surface area contributed by atoms with Crippen LogP contribution in [-0.4, -0.2) is 49.6 Å². The molecule has 0 bridgehead atoms. The van der Waals surface area contributed by atoms with E-state index in [-0.39, 0.29) is 38.2 Å². The summed E-state index contributed by atoms with van der Waals surface area (Å²) < 4.78 is 3.19. The van der Waals surface area contributed by atoms with Crippen molar-refractivity contribution in [1.29, 1.82) is 5.26 Å². The van der Waals surface area contributed by atoms with Gasteiger partial charge < -0.3 is 0 Å². The predicted molar refractivity (Wildman–Crippen MR) is 72.9 cm³/mol. The van der Waals surface area contributed by atoms with Crippen LogP contribution >= 0.6 is 35.5 Å². The molecule has 0 spiro atoms. The molecule has 96 valence electrons. The number of likely N-dealkylation sites (tertiary alicyclic amines) is 1. The van der Waals surface area contributed by atoms with Gasteiger partial charge in [-0.1, -0.05) is 11.9 Å². The second-order valence-electron chi connectivity index (χ2n) is 4.20. The van der Waals surface area contributed by atoms with E-state index in [9.17, 15) is 9.59 Å². The lowest BCUT2D eigenvalue weighted by molar-refractivity contribution is -0.137. The standard InChI is InChI=1S/C10H11N3O2S3/c1-2-13-9(14)6-7(10(13)15)17-8-5(16-6)4(3-11)18-12-8/h4-8,12H,2H2,1H3. The maximum absolute atomic E-state index is 12.1. The molecule has 3 heterocycles. The minimum absolute atomic E-state index is 0.0735. The predicted octanol–water partition coefficient (Wildman–Crippen LogP) is 0.431. The van der Waals surface area contributed by atoms with Crippen molar-refractivity contribution in [3.05, 3.63) is 0 Å². The van der Waals surface area contributed by atoms with Crippen molar-refractivity contribution in [1.82, 2.24) is 9.62 Å². The van der Waals surface area contributed by atoms with Crippen LogP contribution < -0.4 is 4.72 Å². The normalized spacial score (nSPS) is 42.7. The first-order valence-corrected chi connectivity index (χ1v) is 8.41. The van der Waals surface area contributed by atoms with Gasteiger partial charge in [0, 0.05) is 6.54 Å². The van der Waals surface area contributed by atoms with E-state index >= 15 is 0 Å². The third-order valence-electron chi connectivity index (χ3n) is 3.24. The molecule has 0 aliphatic carbocycles. The fraction of sp³-hybridized carbons (Fsp3) is 0.700. The molecule has 0 aromatic rings. The zero-order valence-electron chi connectivity index (χ0n) is 9.53. The Morgan fingerprint density at radius 2 is 2.00 bits per heavy atom. The summed E-state index contributed by atoms with van der Waals surface area (Å²) >= 11 is 4.41. The third kappa shape index (κ3) is 1.68. The van der Waals surface area contributed by atoms with Gasteiger partial charge in [-0.15, -0.1) is 23.5 Å². The fourth-order valence-corrected chi connectivity index (χ4v) is 7.21. The molecule has 0 aromatic heterocycles. The molecule has 0 radical (unpaired) electrons. The van der Waals surface area contributed by atoms with Gasteiger partial charge in [0.05, 0.1) is 16.7 Å². The summed E-state index contributed by atoms with van der Waals surface area (Å²) in [6.07, 6.45) is 0. The Kier molecular flexibility index (Phi) is 3.26. The second kappa shape index (κ2) is 4.63. The molecule has 3 fully saturated rings. The number of hydrogen-bond donors (Lipinski definition) is 1. The molecule has 3 aliphatic heterocycles. The van der Waals surface area contributed by atoms with E-state index in [0.29, 0.717) is 6.54 Å². The Hall–Kier alpha value is -0.360. The monoisotopic (exact) mass is 301 g/mol. The molecule has 1 N–H and O–H groups in total. The average molecular weight is 301 g/mol. The molecule has 5 nitrogen and oxygen atoms in total. The van der Waals surface area contributed by atoms with Crippen LogP contribution in [0.1, 0.15) is 6.92 Å². The molecule has 5 unspecified atom stereocenters. The Morgan fingerprint density at radius 3 is 2.61 bits per heavy atom. The first-order valence-electron chi connectivity index (χ1n) is 5.64. The van der Waals surface area contributed by atoms with Crippen molar-refractivity contribution in [3.63, 3.8) is 0 Å². The Bertz CT molecular complexity index is 452. The zero-order valence-corrected chi connectivity index (χ0v) is 12.0. The van der Waals surface area contributed by atoms with Crippen molar-refractivity contribution in [2.75, 3.05) is 6.54 Å². The van der Waals surface area contributed by atoms with Crippen LogP contribution in [0.25, 0.3) is 0 Å². The Balaban J connectivity index is 1.85. The summed E-state index contributed by atoms with van der Waals surface area (Å²) in [7, 11) is 0. The van der Waals surface area contributed by atoms with Crippen molar-refractivity contribution in [3.8, 4) is 6.07 Å². The molecule has 0 saturated carbocycles. The molecule has 0 aromatic carbocycles. The highest BCUT2D eigenvalue weighted by atomic mass is 32.2. The van der Waals surface area contributed by atoms with Gasteiger partial charge in [0.1, 0.15) is 15.7 Å². The molecular formula is C10H11N3O2S3. The van der Waals surface area contributed by atoms with Crippen LogP contribution in [0.3, 0.4) is 0 Å². The minimum Gasteiger partial charge on any atom is -0.281 e. The van der Waals surface area contributed by atoms with Gasteiger partial charge in [0.25, 0.3) is 0 Å². The molecule has 2 amide bonds. The van der Waals surface area contributed by atoms with Crippen molar-refractivity contribution >= 4 is 47.3 Å². The van der Waals surface area contributed by atoms with Gasteiger partial charge in [-0.2, -0.15) is 5.26 Å². The second-order valence-corrected chi connectivity index (χ2v) is 7.80. The SMILES string of the molecule is CCN1C(=O)C2SC3NSC(C#N)C3SC2C1=O. The largest absolute Gasteiger partial charge is 0.281 e. The topological polar surface area (TPSA) is 73.2 Å². The molecule has 3 saturated heterocycles. The summed E-state index contributed by atoms with van der Waals surface area (Å²) in [6.45, 7) is 2.25. The quantitative estimate of drug-likeness (QED) is 0.556. The van der Waals surface area contributed by atoms with Crippen LogP contribution in [0.4, 0.5) is 0 Å². The highest BCUT2D eigenvalue weighted by Crippen LogP contribution is 2.50. The minimum atomic E-state index is -0.306. The maximum atomic E-state index is 12.1. The number of hydrogen-bond acceptors (Lipinski definition) is 7. The number of carbonyl (C=O) groups excluding carboxylic acids is 2. The van der Waals surface area contributed by atoms with Crippen LogP contribution in [-0.2, 0) is 9.59 Å². The number of thioether (sulfide) groups is 2. The number of imide groups is 1. The lowest BCUT2D eigenvalue weighted by Gasteiger charge is -2.30. The first kappa shape index (κ1) is 12.7. The van der Waals surface area contributed by atoms with Crippen LogP contribution in [0.15, 0.2) is 0 Å². The Labute approximate surface area is 118 Å². The number of rotatable bonds is 1. The van der Waals surface area contributed by atoms with Crippen LogP contribution in [0.5, 0.6) is 0 Å². The number of fused-ring (bicyclic) bond motifs is 2. The lowest BCUT2D eigenvalue weighted by Crippen LogP contribution is -2.41. The maximum Gasteiger partial charge on any atom is 0.244 e. The number of nitrogens with zero attached hydrogens (tertiary/aromatic N) is 2. The van der Waals surface area contributed by atoms with Gasteiger partial charge in [0.2, 0.25) is 11.8 Å². The van der Waals surface area contributed by atoms with E-state index in [1.807, 2.05) is 6.92 Å². The van der Waals surface area contributed by atoms with Gasteiger partial charge >= 0.3 is 0 Å². The van der Waals surface area contributed by atoms with E-state index in [1.165, 1.54) is 40.4 Å². The molecule has 3 aliphatic rings. The molecule has 3 rings (SSSR count). The number of nitriles is 1. The third-order valence-corrected chi connectivity index (χ3v) is 8.05. The molecular weight excluding hydrogens is 290 g/mol. The lowest BCUT2D eigenvalue weighted by atomic mass is 10.3. The van der Waals surface area contributed by atoms with Crippen molar-refractivity contribution in [2.24, 2.45) is 0 Å². The van der Waals surface area contributed by atoms with Crippen LogP contribution in [0, 0.1) is 11.3 Å². The van der Waals surface area contributed by atoms with E-state index in [4.69, 9.17) is 5.26 Å². The first-order chi connectivity index (χ1) is 8.67. The van der Waals surface area contributed by atoms with Gasteiger partial charge in [-0.3, -0.25) is 14.5 Å². The van der Waals surface area contributed by atoms with Crippen LogP contribution in [0.2, 0.25) is 0 Å². The summed E-state index contributed by atoms with van der Waals surface area (Å²) in [6, 6.07) is 2.25. The van der Waals surface area contributed by atoms with Gasteiger partial charge in [0.15, 0.2) is 0 Å². The zero-order chi connectivity index (χ0) is 12.9. The van der Waals surface area contributed by atoms with E-state index in [1.54, 1.807) is 0 Å². The van der Waals surface area contributed by atoms with Crippen molar-refractivity contribution in [2.45, 2.75) is 33.3 Å². The van der Waals surface area contributed by atoms with E-state index < -0.39 is 0 Å². The van der Waals surface area contributed by atoms with Gasteiger partial charge in [-0.05, 0) is 6.92 Å². The van der Waals surface area contributed by atoms with Gasteiger partial charge in [-0.25, -0.2) is 4.72 Å². The van der Waals surface area contributed by atoms with E-state index in [2.05, 4.69) is 10.8 Å². The number of carbonyl (C=O) groups is 2. The highest BCUT2D eigenvalue weighted by Gasteiger charge is 2.56. The number of amides is 2.